The van der Waals surface area contributed by atoms with E-state index in [1.54, 1.807) is 0 Å². The maximum absolute atomic E-state index is 14.1. The van der Waals surface area contributed by atoms with Crippen LogP contribution >= 0.6 is 0 Å². The molecule has 0 amide bonds. The minimum atomic E-state index is -3.89. The highest BCUT2D eigenvalue weighted by molar-refractivity contribution is 7.89. The standard InChI is InChI=1S/C15H15F2NO6S/c1-4-25(21,22)18-14-12(23-8(2)19)13(20)15(3,24-14)10-7-9(16)5-6-11(10)17/h5-7,18H,4H2,1-3H3. The quantitative estimate of drug-likeness (QED) is 0.782. The maximum atomic E-state index is 14.1. The number of rotatable bonds is 5. The van der Waals surface area contributed by atoms with Crippen LogP contribution in [0.1, 0.15) is 26.3 Å². The molecule has 0 radical (unpaired) electrons. The van der Waals surface area contributed by atoms with E-state index >= 15 is 0 Å². The molecular weight excluding hydrogens is 360 g/mol. The van der Waals surface area contributed by atoms with E-state index < -0.39 is 56.2 Å². The highest BCUT2D eigenvalue weighted by Gasteiger charge is 2.51. The van der Waals surface area contributed by atoms with Crippen LogP contribution in [-0.2, 0) is 34.7 Å². The number of halogens is 2. The van der Waals surface area contributed by atoms with Gasteiger partial charge in [-0.15, -0.1) is 0 Å². The Morgan fingerprint density at radius 2 is 2.00 bits per heavy atom. The summed E-state index contributed by atoms with van der Waals surface area (Å²) in [5.74, 6) is -5.45. The molecule has 0 saturated heterocycles. The van der Waals surface area contributed by atoms with Gasteiger partial charge in [0.15, 0.2) is 0 Å². The third-order valence-electron chi connectivity index (χ3n) is 3.47. The Morgan fingerprint density at radius 3 is 2.56 bits per heavy atom. The molecule has 10 heteroatoms. The number of carbonyl (C=O) groups is 2. The molecule has 0 saturated carbocycles. The summed E-state index contributed by atoms with van der Waals surface area (Å²) in [5.41, 5.74) is -2.57. The molecule has 1 aromatic carbocycles. The molecule has 0 spiro atoms. The number of carbonyl (C=O) groups excluding carboxylic acids is 2. The Morgan fingerprint density at radius 1 is 1.36 bits per heavy atom. The lowest BCUT2D eigenvalue weighted by molar-refractivity contribution is -0.142. The average Bonchev–Trinajstić information content (AvgIpc) is 2.74. The van der Waals surface area contributed by atoms with E-state index in [0.717, 1.165) is 32.0 Å². The van der Waals surface area contributed by atoms with E-state index in [1.165, 1.54) is 6.92 Å². The number of hydrogen-bond acceptors (Lipinski definition) is 6. The van der Waals surface area contributed by atoms with Gasteiger partial charge in [-0.05, 0) is 32.0 Å². The van der Waals surface area contributed by atoms with Crippen molar-refractivity contribution >= 4 is 21.8 Å². The number of sulfonamides is 1. The topological polar surface area (TPSA) is 98.8 Å². The van der Waals surface area contributed by atoms with Crippen LogP contribution in [0.2, 0.25) is 0 Å². The van der Waals surface area contributed by atoms with Gasteiger partial charge in [0.05, 0.1) is 5.75 Å². The Kier molecular flexibility index (Phi) is 4.85. The first-order valence-corrected chi connectivity index (χ1v) is 8.78. The first kappa shape index (κ1) is 18.8. The molecule has 25 heavy (non-hydrogen) atoms. The first-order valence-electron chi connectivity index (χ1n) is 7.12. The number of benzene rings is 1. The highest BCUT2D eigenvalue weighted by Crippen LogP contribution is 2.39. The van der Waals surface area contributed by atoms with Gasteiger partial charge in [-0.3, -0.25) is 14.3 Å². The predicted molar refractivity (Wildman–Crippen MR) is 81.2 cm³/mol. The summed E-state index contributed by atoms with van der Waals surface area (Å²) in [7, 11) is -3.89. The smallest absolute Gasteiger partial charge is 0.308 e. The van der Waals surface area contributed by atoms with Crippen molar-refractivity contribution in [1.29, 1.82) is 0 Å². The molecule has 1 aliphatic rings. The summed E-state index contributed by atoms with van der Waals surface area (Å²) < 4.78 is 63.1. The minimum absolute atomic E-state index is 0.355. The van der Waals surface area contributed by atoms with E-state index in [-0.39, 0.29) is 5.75 Å². The lowest BCUT2D eigenvalue weighted by Crippen LogP contribution is -2.34. The molecule has 1 atom stereocenters. The summed E-state index contributed by atoms with van der Waals surface area (Å²) in [6.07, 6.45) is 0. The van der Waals surface area contributed by atoms with Crippen LogP contribution in [-0.4, -0.2) is 25.9 Å². The Balaban J connectivity index is 2.54. The lowest BCUT2D eigenvalue weighted by atomic mass is 9.91. The normalized spacial score (nSPS) is 20.4. The molecular formula is C15H15F2NO6S. The fraction of sp³-hybridized carbons (Fsp3) is 0.333. The molecule has 0 fully saturated rings. The molecule has 2 rings (SSSR count). The number of Topliss-reactive ketones (excluding diaryl/α,β-unsaturated/α-hetero) is 1. The van der Waals surface area contributed by atoms with Gasteiger partial charge in [-0.25, -0.2) is 17.2 Å². The highest BCUT2D eigenvalue weighted by atomic mass is 32.2. The Bertz CT molecular complexity index is 880. The van der Waals surface area contributed by atoms with Gasteiger partial charge in [0.1, 0.15) is 11.6 Å². The first-order chi connectivity index (χ1) is 11.5. The lowest BCUT2D eigenvalue weighted by Gasteiger charge is -2.24. The summed E-state index contributed by atoms with van der Waals surface area (Å²) in [6, 6.07) is 2.39. The zero-order valence-electron chi connectivity index (χ0n) is 13.6. The summed E-state index contributed by atoms with van der Waals surface area (Å²) in [4.78, 5) is 23.8. The molecule has 1 heterocycles. The molecule has 136 valence electrons. The van der Waals surface area contributed by atoms with Crippen molar-refractivity contribution in [1.82, 2.24) is 4.72 Å². The van der Waals surface area contributed by atoms with E-state index in [2.05, 4.69) is 0 Å². The SMILES string of the molecule is CCS(=O)(=O)NC1=C(OC(C)=O)C(=O)C(C)(c2cc(F)ccc2F)O1. The van der Waals surface area contributed by atoms with Gasteiger partial charge < -0.3 is 9.47 Å². The number of esters is 1. The van der Waals surface area contributed by atoms with Gasteiger partial charge in [-0.1, -0.05) is 0 Å². The van der Waals surface area contributed by atoms with Gasteiger partial charge in [0, 0.05) is 12.5 Å². The second-order valence-electron chi connectivity index (χ2n) is 5.35. The molecule has 0 aliphatic carbocycles. The third-order valence-corrected chi connectivity index (χ3v) is 4.72. The summed E-state index contributed by atoms with van der Waals surface area (Å²) in [6.45, 7) is 3.44. The largest absolute Gasteiger partial charge is 0.456 e. The van der Waals surface area contributed by atoms with Crippen LogP contribution in [0.15, 0.2) is 29.8 Å². The van der Waals surface area contributed by atoms with Crippen LogP contribution in [0, 0.1) is 11.6 Å². The van der Waals surface area contributed by atoms with E-state index in [9.17, 15) is 26.8 Å². The molecule has 7 nitrogen and oxygen atoms in total. The van der Waals surface area contributed by atoms with Crippen LogP contribution in [0.4, 0.5) is 8.78 Å². The number of ketones is 1. The van der Waals surface area contributed by atoms with Crippen molar-refractivity contribution in [3.63, 3.8) is 0 Å². The van der Waals surface area contributed by atoms with Crippen molar-refractivity contribution in [3.05, 3.63) is 47.0 Å². The van der Waals surface area contributed by atoms with Crippen molar-refractivity contribution < 1.29 is 36.3 Å². The van der Waals surface area contributed by atoms with Crippen LogP contribution in [0.3, 0.4) is 0 Å². The molecule has 0 aromatic heterocycles. The summed E-state index contributed by atoms with van der Waals surface area (Å²) >= 11 is 0. The van der Waals surface area contributed by atoms with Gasteiger partial charge >= 0.3 is 5.97 Å². The maximum Gasteiger partial charge on any atom is 0.308 e. The molecule has 1 unspecified atom stereocenters. The minimum Gasteiger partial charge on any atom is -0.456 e. The van der Waals surface area contributed by atoms with E-state index in [0.29, 0.717) is 0 Å². The van der Waals surface area contributed by atoms with Gasteiger partial charge in [0.2, 0.25) is 27.3 Å². The molecule has 1 aliphatic heterocycles. The Hall–Kier alpha value is -2.49. The van der Waals surface area contributed by atoms with Gasteiger partial charge in [-0.2, -0.15) is 0 Å². The zero-order chi connectivity index (χ0) is 19.0. The van der Waals surface area contributed by atoms with Crippen molar-refractivity contribution in [3.8, 4) is 0 Å². The number of ether oxygens (including phenoxy) is 2. The second-order valence-corrected chi connectivity index (χ2v) is 7.36. The second kappa shape index (κ2) is 6.43. The van der Waals surface area contributed by atoms with Crippen molar-refractivity contribution in [2.24, 2.45) is 0 Å². The molecule has 1 N–H and O–H groups in total. The predicted octanol–water partition coefficient (Wildman–Crippen LogP) is 1.45. The van der Waals surface area contributed by atoms with Crippen LogP contribution in [0.5, 0.6) is 0 Å². The van der Waals surface area contributed by atoms with E-state index in [1.807, 2.05) is 4.72 Å². The number of hydrogen-bond donors (Lipinski definition) is 1. The van der Waals surface area contributed by atoms with Gasteiger partial charge in [0.25, 0.3) is 5.78 Å². The fourth-order valence-electron chi connectivity index (χ4n) is 2.17. The third kappa shape index (κ3) is 3.63. The van der Waals surface area contributed by atoms with Crippen LogP contribution in [0.25, 0.3) is 0 Å². The Labute approximate surface area is 142 Å². The van der Waals surface area contributed by atoms with E-state index in [4.69, 9.17) is 9.47 Å². The summed E-state index contributed by atoms with van der Waals surface area (Å²) in [5, 5.41) is 0. The zero-order valence-corrected chi connectivity index (χ0v) is 14.4. The monoisotopic (exact) mass is 375 g/mol. The van der Waals surface area contributed by atoms with Crippen molar-refractivity contribution in [2.45, 2.75) is 26.4 Å². The molecule has 1 aromatic rings. The molecule has 0 bridgehead atoms. The average molecular weight is 375 g/mol. The number of nitrogens with one attached hydrogen (secondary N) is 1. The van der Waals surface area contributed by atoms with Crippen LogP contribution < -0.4 is 4.72 Å². The van der Waals surface area contributed by atoms with Crippen molar-refractivity contribution in [2.75, 3.05) is 5.75 Å². The fourth-order valence-corrected chi connectivity index (χ4v) is 2.74.